The van der Waals surface area contributed by atoms with Gasteiger partial charge in [0.05, 0.1) is 24.2 Å². The molecule has 0 bridgehead atoms. The van der Waals surface area contributed by atoms with E-state index >= 15 is 0 Å². The van der Waals surface area contributed by atoms with Crippen molar-refractivity contribution < 1.29 is 4.74 Å². The van der Waals surface area contributed by atoms with E-state index in [0.29, 0.717) is 29.4 Å². The number of para-hydroxylation sites is 1. The number of benzene rings is 1. The quantitative estimate of drug-likeness (QED) is 0.245. The van der Waals surface area contributed by atoms with E-state index < -0.39 is 0 Å². The van der Waals surface area contributed by atoms with Crippen molar-refractivity contribution in [2.75, 3.05) is 12.4 Å². The van der Waals surface area contributed by atoms with Crippen LogP contribution in [0, 0.1) is 13.8 Å². The van der Waals surface area contributed by atoms with Crippen LogP contribution in [0.2, 0.25) is 0 Å². The maximum atomic E-state index is 13.3. The Morgan fingerprint density at radius 3 is 2.66 bits per heavy atom. The van der Waals surface area contributed by atoms with Gasteiger partial charge in [-0.3, -0.25) is 14.3 Å². The van der Waals surface area contributed by atoms with Crippen LogP contribution in [0.4, 0.5) is 0 Å². The van der Waals surface area contributed by atoms with Gasteiger partial charge in [0, 0.05) is 16.8 Å². The molecule has 0 unspecified atom stereocenters. The molecule has 0 aliphatic heterocycles. The molecule has 0 N–H and O–H groups in total. The van der Waals surface area contributed by atoms with Crippen LogP contribution in [-0.2, 0) is 6.54 Å². The van der Waals surface area contributed by atoms with Crippen molar-refractivity contribution in [3.05, 3.63) is 81.2 Å². The standard InChI is InChI=1S/C22H21N3O2S2/c1-15-16(2)29-20-19(15)21(26)25(14-17-8-6-7-11-23-17)22(24-20)28-13-12-27-18-9-4-3-5-10-18/h3-11H,12-14H2,1-2H3. The molecule has 0 spiro atoms. The summed E-state index contributed by atoms with van der Waals surface area (Å²) in [7, 11) is 0. The molecule has 29 heavy (non-hydrogen) atoms. The summed E-state index contributed by atoms with van der Waals surface area (Å²) in [5.74, 6) is 1.53. The lowest BCUT2D eigenvalue weighted by Gasteiger charge is -2.12. The lowest BCUT2D eigenvalue weighted by molar-refractivity contribution is 0.344. The van der Waals surface area contributed by atoms with Crippen molar-refractivity contribution in [2.45, 2.75) is 25.5 Å². The molecule has 4 aromatic rings. The molecule has 0 atom stereocenters. The minimum Gasteiger partial charge on any atom is -0.493 e. The average Bonchev–Trinajstić information content (AvgIpc) is 3.03. The summed E-state index contributed by atoms with van der Waals surface area (Å²) in [6.45, 7) is 4.96. The number of fused-ring (bicyclic) bond motifs is 1. The number of hydrogen-bond donors (Lipinski definition) is 0. The highest BCUT2D eigenvalue weighted by molar-refractivity contribution is 7.99. The Morgan fingerprint density at radius 2 is 1.90 bits per heavy atom. The molecule has 148 valence electrons. The Kier molecular flexibility index (Phi) is 5.97. The van der Waals surface area contributed by atoms with Gasteiger partial charge in [0.25, 0.3) is 5.56 Å². The van der Waals surface area contributed by atoms with Crippen molar-refractivity contribution in [3.63, 3.8) is 0 Å². The van der Waals surface area contributed by atoms with E-state index in [0.717, 1.165) is 26.7 Å². The highest BCUT2D eigenvalue weighted by Crippen LogP contribution is 2.28. The number of aryl methyl sites for hydroxylation is 2. The third-order valence-corrected chi connectivity index (χ3v) is 6.67. The number of nitrogens with zero attached hydrogens (tertiary/aromatic N) is 3. The van der Waals surface area contributed by atoms with E-state index in [1.807, 2.05) is 62.4 Å². The smallest absolute Gasteiger partial charge is 0.263 e. The molecule has 0 aliphatic carbocycles. The maximum absolute atomic E-state index is 13.3. The van der Waals surface area contributed by atoms with Crippen LogP contribution in [0.15, 0.2) is 64.7 Å². The lowest BCUT2D eigenvalue weighted by Crippen LogP contribution is -2.24. The highest BCUT2D eigenvalue weighted by Gasteiger charge is 2.17. The first kappa shape index (κ1) is 19.7. The summed E-state index contributed by atoms with van der Waals surface area (Å²) in [4.78, 5) is 24.4. The van der Waals surface area contributed by atoms with Crippen LogP contribution in [0.5, 0.6) is 5.75 Å². The van der Waals surface area contributed by atoms with Crippen molar-refractivity contribution in [2.24, 2.45) is 0 Å². The Hall–Kier alpha value is -2.64. The molecule has 3 heterocycles. The first-order chi connectivity index (χ1) is 14.1. The molecular formula is C22H21N3O2S2. The molecule has 1 aromatic carbocycles. The zero-order valence-electron chi connectivity index (χ0n) is 16.3. The molecule has 7 heteroatoms. The Labute approximate surface area is 177 Å². The second-order valence-corrected chi connectivity index (χ2v) is 8.85. The fourth-order valence-corrected chi connectivity index (χ4v) is 4.91. The number of thiophene rings is 1. The van der Waals surface area contributed by atoms with Gasteiger partial charge < -0.3 is 4.74 Å². The van der Waals surface area contributed by atoms with Crippen LogP contribution in [0.1, 0.15) is 16.1 Å². The molecule has 0 fully saturated rings. The van der Waals surface area contributed by atoms with Crippen LogP contribution < -0.4 is 10.3 Å². The average molecular weight is 424 g/mol. The van der Waals surface area contributed by atoms with Crippen molar-refractivity contribution in [3.8, 4) is 5.75 Å². The molecule has 5 nitrogen and oxygen atoms in total. The Bertz CT molecular complexity index is 1170. The van der Waals surface area contributed by atoms with E-state index in [-0.39, 0.29) is 5.56 Å². The van der Waals surface area contributed by atoms with Crippen molar-refractivity contribution >= 4 is 33.3 Å². The zero-order chi connectivity index (χ0) is 20.2. The molecule has 4 rings (SSSR count). The fraction of sp³-hybridized carbons (Fsp3) is 0.227. The minimum absolute atomic E-state index is 0.00557. The number of hydrogen-bond acceptors (Lipinski definition) is 6. The number of pyridine rings is 1. The van der Waals surface area contributed by atoms with E-state index in [9.17, 15) is 4.79 Å². The molecule has 3 aromatic heterocycles. The number of aromatic nitrogens is 3. The third kappa shape index (κ3) is 4.36. The fourth-order valence-electron chi connectivity index (χ4n) is 3.02. The van der Waals surface area contributed by atoms with E-state index in [2.05, 4.69) is 4.98 Å². The lowest BCUT2D eigenvalue weighted by atomic mass is 10.2. The Balaban J connectivity index is 1.62. The van der Waals surface area contributed by atoms with Gasteiger partial charge in [-0.1, -0.05) is 36.0 Å². The number of ether oxygens (including phenoxy) is 1. The van der Waals surface area contributed by atoms with Gasteiger partial charge in [-0.05, 0) is 43.7 Å². The van der Waals surface area contributed by atoms with Gasteiger partial charge in [-0.25, -0.2) is 4.98 Å². The normalized spacial score (nSPS) is 11.1. The van der Waals surface area contributed by atoms with Gasteiger partial charge >= 0.3 is 0 Å². The van der Waals surface area contributed by atoms with E-state index in [1.54, 1.807) is 22.1 Å². The summed E-state index contributed by atoms with van der Waals surface area (Å²) in [6, 6.07) is 15.5. The first-order valence-electron chi connectivity index (χ1n) is 9.34. The summed E-state index contributed by atoms with van der Waals surface area (Å²) < 4.78 is 7.51. The first-order valence-corrected chi connectivity index (χ1v) is 11.1. The van der Waals surface area contributed by atoms with E-state index in [1.165, 1.54) is 11.8 Å². The zero-order valence-corrected chi connectivity index (χ0v) is 17.9. The summed E-state index contributed by atoms with van der Waals surface area (Å²) in [5.41, 5.74) is 1.85. The molecule has 0 aliphatic rings. The Morgan fingerprint density at radius 1 is 1.10 bits per heavy atom. The highest BCUT2D eigenvalue weighted by atomic mass is 32.2. The van der Waals surface area contributed by atoms with Gasteiger partial charge in [0.15, 0.2) is 5.16 Å². The summed E-state index contributed by atoms with van der Waals surface area (Å²) >= 11 is 3.11. The third-order valence-electron chi connectivity index (χ3n) is 4.63. The minimum atomic E-state index is -0.00557. The molecule has 0 saturated carbocycles. The van der Waals surface area contributed by atoms with E-state index in [4.69, 9.17) is 9.72 Å². The van der Waals surface area contributed by atoms with Crippen molar-refractivity contribution in [1.29, 1.82) is 0 Å². The topological polar surface area (TPSA) is 57.0 Å². The number of thioether (sulfide) groups is 1. The molecule has 0 amide bonds. The van der Waals surface area contributed by atoms with Gasteiger partial charge in [-0.2, -0.15) is 0 Å². The van der Waals surface area contributed by atoms with Crippen LogP contribution in [0.25, 0.3) is 10.2 Å². The van der Waals surface area contributed by atoms with Crippen LogP contribution in [-0.4, -0.2) is 26.9 Å². The van der Waals surface area contributed by atoms with Gasteiger partial charge in [-0.15, -0.1) is 11.3 Å². The predicted molar refractivity (Wildman–Crippen MR) is 119 cm³/mol. The van der Waals surface area contributed by atoms with Crippen LogP contribution >= 0.6 is 23.1 Å². The molecule has 0 radical (unpaired) electrons. The summed E-state index contributed by atoms with van der Waals surface area (Å²) in [5, 5.41) is 1.42. The van der Waals surface area contributed by atoms with Crippen molar-refractivity contribution in [1.82, 2.24) is 14.5 Å². The second-order valence-electron chi connectivity index (χ2n) is 6.58. The van der Waals surface area contributed by atoms with Gasteiger partial charge in [0.1, 0.15) is 10.6 Å². The van der Waals surface area contributed by atoms with Crippen LogP contribution in [0.3, 0.4) is 0 Å². The second kappa shape index (κ2) is 8.80. The summed E-state index contributed by atoms with van der Waals surface area (Å²) in [6.07, 6.45) is 1.74. The largest absolute Gasteiger partial charge is 0.493 e. The molecular weight excluding hydrogens is 402 g/mol. The van der Waals surface area contributed by atoms with Gasteiger partial charge in [0.2, 0.25) is 0 Å². The SMILES string of the molecule is Cc1sc2nc(SCCOc3ccccc3)n(Cc3ccccn3)c(=O)c2c1C. The monoisotopic (exact) mass is 423 g/mol. The maximum Gasteiger partial charge on any atom is 0.263 e. The molecule has 0 saturated heterocycles. The number of rotatable bonds is 7. The predicted octanol–water partition coefficient (Wildman–Crippen LogP) is 4.69.